The number of hydrogen-bond acceptors (Lipinski definition) is 11. The molecule has 2 aliphatic carbocycles. The number of nitro groups is 1. The second-order valence-corrected chi connectivity index (χ2v) is 10.8. The van der Waals surface area contributed by atoms with Crippen LogP contribution in [0.25, 0.3) is 0 Å². The van der Waals surface area contributed by atoms with Crippen LogP contribution in [0.1, 0.15) is 66.7 Å². The molecule has 2 fully saturated rings. The summed E-state index contributed by atoms with van der Waals surface area (Å²) >= 11 is 0. The highest BCUT2D eigenvalue weighted by atomic mass is 16.6. The van der Waals surface area contributed by atoms with Crippen molar-refractivity contribution in [2.45, 2.75) is 82.4 Å². The highest BCUT2D eigenvalue weighted by Crippen LogP contribution is 2.36. The summed E-state index contributed by atoms with van der Waals surface area (Å²) in [4.78, 5) is 63.1. The van der Waals surface area contributed by atoms with Gasteiger partial charge in [0.25, 0.3) is 0 Å². The first-order valence-corrected chi connectivity index (χ1v) is 14.4. The van der Waals surface area contributed by atoms with Gasteiger partial charge >= 0.3 is 23.9 Å². The van der Waals surface area contributed by atoms with Crippen molar-refractivity contribution in [1.82, 2.24) is 5.32 Å². The van der Waals surface area contributed by atoms with E-state index in [2.05, 4.69) is 5.32 Å². The summed E-state index contributed by atoms with van der Waals surface area (Å²) in [5.41, 5.74) is 0.396. The van der Waals surface area contributed by atoms with Gasteiger partial charge in [-0.1, -0.05) is 55.7 Å². The summed E-state index contributed by atoms with van der Waals surface area (Å²) in [6, 6.07) is 13.2. The first-order valence-electron chi connectivity index (χ1n) is 14.4. The standard InChI is InChI=1S/C31H36N2O10/c1-19(34)41-27-24(18-40-30(36)21-12-6-3-7-13-21)26(33(38)39)25(32-23-16-10-5-11-17-23)28(42-20(2)35)29(27)43-31(37)22-14-8-4-9-15-22/h3-4,6-9,12-15,23-29,32H,5,10-11,16-18H2,1-2H3/t24-,25+,26-,27+,28-,29-/m0/s1. The van der Waals surface area contributed by atoms with Crippen LogP contribution >= 0.6 is 0 Å². The van der Waals surface area contributed by atoms with Crippen molar-refractivity contribution >= 4 is 23.9 Å². The molecule has 2 saturated carbocycles. The molecule has 0 heterocycles. The van der Waals surface area contributed by atoms with Crippen molar-refractivity contribution in [2.24, 2.45) is 5.92 Å². The zero-order chi connectivity index (χ0) is 30.9. The van der Waals surface area contributed by atoms with Gasteiger partial charge in [-0.15, -0.1) is 0 Å². The third-order valence-corrected chi connectivity index (χ3v) is 7.78. The molecule has 43 heavy (non-hydrogen) atoms. The molecule has 2 aliphatic rings. The Morgan fingerprint density at radius 3 is 1.84 bits per heavy atom. The molecule has 2 aromatic carbocycles. The SMILES string of the molecule is CC(=O)O[C@@H]1[C@@H](COC(=O)c2ccccc2)[C@H]([N+](=O)[O-])[C@@H](NC2CCCCC2)[C@H](OC(C)=O)[C@H]1OC(=O)c1ccccc1. The maximum atomic E-state index is 13.3. The molecule has 12 nitrogen and oxygen atoms in total. The number of carbonyl (C=O) groups excluding carboxylic acids is 4. The molecule has 0 unspecified atom stereocenters. The van der Waals surface area contributed by atoms with Gasteiger partial charge in [0.05, 0.1) is 11.1 Å². The Hall–Kier alpha value is -4.32. The van der Waals surface area contributed by atoms with Crippen LogP contribution in [0.4, 0.5) is 0 Å². The predicted molar refractivity (Wildman–Crippen MR) is 152 cm³/mol. The second kappa shape index (κ2) is 14.7. The normalized spacial score (nSPS) is 25.6. The largest absolute Gasteiger partial charge is 0.461 e. The predicted octanol–water partition coefficient (Wildman–Crippen LogP) is 3.50. The highest BCUT2D eigenvalue weighted by molar-refractivity contribution is 5.90. The minimum Gasteiger partial charge on any atom is -0.461 e. The van der Waals surface area contributed by atoms with E-state index in [1.807, 2.05) is 0 Å². The average molecular weight is 597 g/mol. The maximum Gasteiger partial charge on any atom is 0.338 e. The van der Waals surface area contributed by atoms with E-state index in [1.54, 1.807) is 36.4 Å². The van der Waals surface area contributed by atoms with E-state index in [1.165, 1.54) is 24.3 Å². The first-order chi connectivity index (χ1) is 20.7. The third-order valence-electron chi connectivity index (χ3n) is 7.78. The van der Waals surface area contributed by atoms with Gasteiger partial charge in [0.1, 0.15) is 18.6 Å². The van der Waals surface area contributed by atoms with E-state index in [4.69, 9.17) is 18.9 Å². The smallest absolute Gasteiger partial charge is 0.338 e. The van der Waals surface area contributed by atoms with Crippen molar-refractivity contribution < 1.29 is 43.0 Å². The summed E-state index contributed by atoms with van der Waals surface area (Å²) < 4.78 is 22.7. The lowest BCUT2D eigenvalue weighted by molar-refractivity contribution is -0.547. The van der Waals surface area contributed by atoms with Crippen LogP contribution in [0.3, 0.4) is 0 Å². The number of nitrogens with one attached hydrogen (secondary N) is 1. The summed E-state index contributed by atoms with van der Waals surface area (Å²) in [5.74, 6) is -4.39. The zero-order valence-electron chi connectivity index (χ0n) is 24.1. The Bertz CT molecular complexity index is 1280. The number of carbonyl (C=O) groups is 4. The molecule has 230 valence electrons. The lowest BCUT2D eigenvalue weighted by Gasteiger charge is -2.46. The molecule has 1 N–H and O–H groups in total. The Morgan fingerprint density at radius 1 is 0.767 bits per heavy atom. The Labute approximate surface area is 249 Å². The molecule has 0 saturated heterocycles. The second-order valence-electron chi connectivity index (χ2n) is 10.8. The fourth-order valence-electron chi connectivity index (χ4n) is 5.91. The fourth-order valence-corrected chi connectivity index (χ4v) is 5.91. The Kier molecular flexibility index (Phi) is 10.8. The first kappa shape index (κ1) is 31.6. The lowest BCUT2D eigenvalue weighted by Crippen LogP contribution is -2.71. The molecule has 6 atom stereocenters. The molecule has 0 aromatic heterocycles. The molecule has 0 aliphatic heterocycles. The quantitative estimate of drug-likeness (QED) is 0.185. The van der Waals surface area contributed by atoms with E-state index >= 15 is 0 Å². The molecule has 0 spiro atoms. The summed E-state index contributed by atoms with van der Waals surface area (Å²) in [5, 5.41) is 16.1. The lowest BCUT2D eigenvalue weighted by atomic mass is 9.74. The summed E-state index contributed by atoms with van der Waals surface area (Å²) in [6.07, 6.45) is -0.0201. The highest BCUT2D eigenvalue weighted by Gasteiger charge is 2.61. The van der Waals surface area contributed by atoms with Crippen molar-refractivity contribution in [3.63, 3.8) is 0 Å². The molecule has 4 rings (SSSR count). The van der Waals surface area contributed by atoms with Crippen LogP contribution in [0.5, 0.6) is 0 Å². The molecule has 0 amide bonds. The zero-order valence-corrected chi connectivity index (χ0v) is 24.1. The number of nitrogens with zero attached hydrogens (tertiary/aromatic N) is 1. The van der Waals surface area contributed by atoms with E-state index in [9.17, 15) is 29.3 Å². The van der Waals surface area contributed by atoms with Crippen molar-refractivity contribution in [1.29, 1.82) is 0 Å². The topological polar surface area (TPSA) is 160 Å². The maximum absolute atomic E-state index is 13.3. The van der Waals surface area contributed by atoms with Gasteiger partial charge in [-0.05, 0) is 37.1 Å². The van der Waals surface area contributed by atoms with Crippen LogP contribution in [0.15, 0.2) is 60.7 Å². The number of benzene rings is 2. The van der Waals surface area contributed by atoms with Crippen LogP contribution in [0.2, 0.25) is 0 Å². The minimum absolute atomic E-state index is 0.137. The number of esters is 4. The molecule has 0 bridgehead atoms. The average Bonchev–Trinajstić information content (AvgIpc) is 2.99. The Balaban J connectivity index is 1.77. The number of rotatable bonds is 10. The van der Waals surface area contributed by atoms with Gasteiger partial charge in [-0.3, -0.25) is 19.7 Å². The third kappa shape index (κ3) is 8.16. The number of hydrogen-bond donors (Lipinski definition) is 1. The molecule has 2 aromatic rings. The van der Waals surface area contributed by atoms with Gasteiger partial charge in [0.2, 0.25) is 6.04 Å². The van der Waals surface area contributed by atoms with Crippen molar-refractivity contribution in [2.75, 3.05) is 6.61 Å². The Morgan fingerprint density at radius 2 is 1.30 bits per heavy atom. The van der Waals surface area contributed by atoms with E-state index in [0.717, 1.165) is 46.0 Å². The van der Waals surface area contributed by atoms with Gasteiger partial charge in [-0.25, -0.2) is 9.59 Å². The molecular formula is C31H36N2O10. The molecular weight excluding hydrogens is 560 g/mol. The van der Waals surface area contributed by atoms with Gasteiger partial charge in [-0.2, -0.15) is 0 Å². The van der Waals surface area contributed by atoms with Crippen LogP contribution in [-0.2, 0) is 28.5 Å². The van der Waals surface area contributed by atoms with E-state index in [0.29, 0.717) is 0 Å². The van der Waals surface area contributed by atoms with Gasteiger partial charge < -0.3 is 24.3 Å². The molecule has 12 heteroatoms. The summed E-state index contributed by atoms with van der Waals surface area (Å²) in [6.45, 7) is 1.72. The summed E-state index contributed by atoms with van der Waals surface area (Å²) in [7, 11) is 0. The van der Waals surface area contributed by atoms with Crippen LogP contribution in [0, 0.1) is 16.0 Å². The van der Waals surface area contributed by atoms with E-state index in [-0.39, 0.29) is 17.2 Å². The van der Waals surface area contributed by atoms with Crippen LogP contribution < -0.4 is 5.32 Å². The van der Waals surface area contributed by atoms with Gasteiger partial charge in [0, 0.05) is 24.8 Å². The number of ether oxygens (including phenoxy) is 4. The van der Waals surface area contributed by atoms with E-state index < -0.39 is 71.7 Å². The van der Waals surface area contributed by atoms with Crippen molar-refractivity contribution in [3.05, 3.63) is 81.9 Å². The minimum atomic E-state index is -1.55. The van der Waals surface area contributed by atoms with Crippen molar-refractivity contribution in [3.8, 4) is 0 Å². The van der Waals surface area contributed by atoms with Gasteiger partial charge in [0.15, 0.2) is 18.3 Å². The van der Waals surface area contributed by atoms with Crippen LogP contribution in [-0.4, -0.2) is 71.8 Å². The fraction of sp³-hybridized carbons (Fsp3) is 0.484. The monoisotopic (exact) mass is 596 g/mol. The molecule has 0 radical (unpaired) electrons.